The van der Waals surface area contributed by atoms with E-state index in [2.05, 4.69) is 10.6 Å². The molecule has 0 radical (unpaired) electrons. The van der Waals surface area contributed by atoms with Gasteiger partial charge in [0.2, 0.25) is 5.91 Å². The average molecular weight is 604 g/mol. The molecule has 2 amide bonds. The third kappa shape index (κ3) is 6.93. The predicted molar refractivity (Wildman–Crippen MR) is 162 cm³/mol. The average Bonchev–Trinajstić information content (AvgIpc) is 3.31. The smallest absolute Gasteiger partial charge is 0.407 e. The van der Waals surface area contributed by atoms with Crippen LogP contribution >= 0.6 is 23.2 Å². The van der Waals surface area contributed by atoms with Gasteiger partial charge in [0.1, 0.15) is 18.7 Å². The Morgan fingerprint density at radius 3 is 1.67 bits per heavy atom. The molecule has 0 saturated carbocycles. The number of alkyl carbamates (subject to hydrolysis) is 1. The van der Waals surface area contributed by atoms with Crippen LogP contribution < -0.4 is 10.6 Å². The summed E-state index contributed by atoms with van der Waals surface area (Å²) in [7, 11) is 0. The number of benzene rings is 4. The van der Waals surface area contributed by atoms with Gasteiger partial charge in [-0.2, -0.15) is 0 Å². The Hall–Kier alpha value is -4.33. The number of carboxylic acids is 1. The number of nitrogens with one attached hydrogen (secondary N) is 2. The molecular weight excluding hydrogens is 575 g/mol. The molecule has 4 aromatic carbocycles. The van der Waals surface area contributed by atoms with Crippen molar-refractivity contribution in [2.45, 2.75) is 30.8 Å². The van der Waals surface area contributed by atoms with Crippen LogP contribution in [-0.4, -0.2) is 41.8 Å². The van der Waals surface area contributed by atoms with E-state index < -0.39 is 30.1 Å². The number of halogens is 2. The molecular formula is C33H28Cl2N2O5. The Labute approximate surface area is 253 Å². The lowest BCUT2D eigenvalue weighted by Crippen LogP contribution is -2.53. The molecule has 0 heterocycles. The molecule has 0 fully saturated rings. The van der Waals surface area contributed by atoms with Crippen molar-refractivity contribution in [3.8, 4) is 11.1 Å². The summed E-state index contributed by atoms with van der Waals surface area (Å²) in [6, 6.07) is 27.2. The summed E-state index contributed by atoms with van der Waals surface area (Å²) in [6.45, 7) is 0.0729. The second kappa shape index (κ2) is 13.1. The largest absolute Gasteiger partial charge is 0.480 e. The highest BCUT2D eigenvalue weighted by atomic mass is 35.5. The highest BCUT2D eigenvalue weighted by Crippen LogP contribution is 2.44. The van der Waals surface area contributed by atoms with E-state index in [0.29, 0.717) is 15.6 Å². The number of aliphatic carboxylic acids is 1. The van der Waals surface area contributed by atoms with Crippen LogP contribution in [0.2, 0.25) is 10.0 Å². The molecule has 0 aromatic heterocycles. The lowest BCUT2D eigenvalue weighted by atomic mass is 9.98. The minimum absolute atomic E-state index is 0.0385. The maximum Gasteiger partial charge on any atom is 0.407 e. The van der Waals surface area contributed by atoms with Gasteiger partial charge in [0.05, 0.1) is 0 Å². The second-order valence-electron chi connectivity index (χ2n) is 10.1. The number of fused-ring (bicyclic) bond motifs is 3. The SMILES string of the molecule is O=C(N[C@@H](Cc1ccc(Cl)cc1)C(=O)N[C@@H](Cc1ccc(Cl)cc1)C(=O)O)OCC1c2ccccc2-c2ccccc21. The van der Waals surface area contributed by atoms with E-state index in [1.54, 1.807) is 48.5 Å². The molecule has 0 unspecified atom stereocenters. The van der Waals surface area contributed by atoms with E-state index in [4.69, 9.17) is 27.9 Å². The van der Waals surface area contributed by atoms with Gasteiger partial charge in [0.25, 0.3) is 0 Å². The standard InChI is InChI=1S/C33H28Cl2N2O5/c34-22-13-9-20(10-14-22)17-29(31(38)36-30(32(39)40)18-21-11-15-23(35)16-12-21)37-33(41)42-19-28-26-7-3-1-5-24(26)25-6-2-4-8-27(25)28/h1-16,28-30H,17-19H2,(H,36,38)(H,37,41)(H,39,40)/t29-,30-/m0/s1. The lowest BCUT2D eigenvalue weighted by Gasteiger charge is -2.22. The third-order valence-corrected chi connectivity index (χ3v) is 7.78. The monoisotopic (exact) mass is 602 g/mol. The maximum atomic E-state index is 13.4. The van der Waals surface area contributed by atoms with Crippen molar-refractivity contribution in [3.63, 3.8) is 0 Å². The molecule has 7 nitrogen and oxygen atoms in total. The van der Waals surface area contributed by atoms with Crippen LogP contribution in [0.15, 0.2) is 97.1 Å². The summed E-state index contributed by atoms with van der Waals surface area (Å²) < 4.78 is 5.66. The van der Waals surface area contributed by atoms with Crippen molar-refractivity contribution in [1.29, 1.82) is 0 Å². The van der Waals surface area contributed by atoms with Gasteiger partial charge < -0.3 is 20.5 Å². The molecule has 0 spiro atoms. The van der Waals surface area contributed by atoms with Crippen LogP contribution in [0.3, 0.4) is 0 Å². The molecule has 214 valence electrons. The third-order valence-electron chi connectivity index (χ3n) is 7.27. The molecule has 3 N–H and O–H groups in total. The second-order valence-corrected chi connectivity index (χ2v) is 11.0. The zero-order valence-corrected chi connectivity index (χ0v) is 23.9. The Balaban J connectivity index is 1.29. The normalized spacial score (nSPS) is 13.4. The number of carbonyl (C=O) groups is 3. The van der Waals surface area contributed by atoms with Crippen LogP contribution in [0.4, 0.5) is 4.79 Å². The van der Waals surface area contributed by atoms with Gasteiger partial charge in [0.15, 0.2) is 0 Å². The molecule has 4 aromatic rings. The van der Waals surface area contributed by atoms with E-state index >= 15 is 0 Å². The number of hydrogen-bond acceptors (Lipinski definition) is 4. The number of amides is 2. The van der Waals surface area contributed by atoms with Gasteiger partial charge in [-0.25, -0.2) is 9.59 Å². The highest BCUT2D eigenvalue weighted by Gasteiger charge is 2.31. The van der Waals surface area contributed by atoms with E-state index in [-0.39, 0.29) is 25.4 Å². The first-order valence-electron chi connectivity index (χ1n) is 13.4. The first-order chi connectivity index (χ1) is 20.3. The van der Waals surface area contributed by atoms with Gasteiger partial charge >= 0.3 is 12.1 Å². The maximum absolute atomic E-state index is 13.4. The predicted octanol–water partition coefficient (Wildman–Crippen LogP) is 6.26. The molecule has 5 rings (SSSR count). The molecule has 0 saturated heterocycles. The number of carboxylic acid groups (broad SMARTS) is 1. The Morgan fingerprint density at radius 2 is 1.17 bits per heavy atom. The van der Waals surface area contributed by atoms with E-state index in [0.717, 1.165) is 27.8 Å². The van der Waals surface area contributed by atoms with Crippen molar-refractivity contribution >= 4 is 41.2 Å². The van der Waals surface area contributed by atoms with Crippen LogP contribution in [0.1, 0.15) is 28.2 Å². The summed E-state index contributed by atoms with van der Waals surface area (Å²) in [4.78, 5) is 38.5. The Morgan fingerprint density at radius 1 is 0.690 bits per heavy atom. The molecule has 1 aliphatic carbocycles. The first kappa shape index (κ1) is 29.2. The summed E-state index contributed by atoms with van der Waals surface area (Å²) in [5.74, 6) is -2.01. The lowest BCUT2D eigenvalue weighted by molar-refractivity contribution is -0.142. The number of ether oxygens (including phenoxy) is 1. The van der Waals surface area contributed by atoms with Crippen molar-refractivity contribution in [1.82, 2.24) is 10.6 Å². The molecule has 9 heteroatoms. The fourth-order valence-electron chi connectivity index (χ4n) is 5.18. The van der Waals surface area contributed by atoms with Crippen molar-refractivity contribution in [3.05, 3.63) is 129 Å². The zero-order chi connectivity index (χ0) is 29.6. The van der Waals surface area contributed by atoms with Crippen molar-refractivity contribution < 1.29 is 24.2 Å². The summed E-state index contributed by atoms with van der Waals surface area (Å²) >= 11 is 12.0. The fraction of sp³-hybridized carbons (Fsp3) is 0.182. The highest BCUT2D eigenvalue weighted by molar-refractivity contribution is 6.30. The molecule has 0 aliphatic heterocycles. The van der Waals surface area contributed by atoms with E-state index in [1.165, 1.54) is 0 Å². The number of hydrogen-bond donors (Lipinski definition) is 3. The minimum atomic E-state index is -1.23. The summed E-state index contributed by atoms with van der Waals surface area (Å²) in [6.07, 6.45) is -0.646. The number of rotatable bonds is 10. The molecule has 1 aliphatic rings. The van der Waals surface area contributed by atoms with Crippen molar-refractivity contribution in [2.75, 3.05) is 6.61 Å². The van der Waals surface area contributed by atoms with Crippen molar-refractivity contribution in [2.24, 2.45) is 0 Å². The van der Waals surface area contributed by atoms with Gasteiger partial charge in [-0.1, -0.05) is 96.0 Å². The summed E-state index contributed by atoms with van der Waals surface area (Å²) in [5, 5.41) is 16.1. The van der Waals surface area contributed by atoms with Gasteiger partial charge in [-0.3, -0.25) is 4.79 Å². The van der Waals surface area contributed by atoms with E-state index in [9.17, 15) is 19.5 Å². The first-order valence-corrected chi connectivity index (χ1v) is 14.2. The van der Waals surface area contributed by atoms with Gasteiger partial charge in [-0.05, 0) is 57.6 Å². The van der Waals surface area contributed by atoms with Crippen LogP contribution in [0.25, 0.3) is 11.1 Å². The molecule has 0 bridgehead atoms. The topological polar surface area (TPSA) is 105 Å². The zero-order valence-electron chi connectivity index (χ0n) is 22.4. The Bertz CT molecular complexity index is 1550. The van der Waals surface area contributed by atoms with Crippen LogP contribution in [0, 0.1) is 0 Å². The van der Waals surface area contributed by atoms with Gasteiger partial charge in [0, 0.05) is 28.8 Å². The Kier molecular flexibility index (Phi) is 9.10. The molecule has 42 heavy (non-hydrogen) atoms. The quantitative estimate of drug-likeness (QED) is 0.199. The van der Waals surface area contributed by atoms with Crippen LogP contribution in [-0.2, 0) is 27.2 Å². The minimum Gasteiger partial charge on any atom is -0.480 e. The summed E-state index contributed by atoms with van der Waals surface area (Å²) in [5.41, 5.74) is 5.74. The van der Waals surface area contributed by atoms with Crippen LogP contribution in [0.5, 0.6) is 0 Å². The molecule has 2 atom stereocenters. The van der Waals surface area contributed by atoms with Gasteiger partial charge in [-0.15, -0.1) is 0 Å². The van der Waals surface area contributed by atoms with E-state index in [1.807, 2.05) is 48.5 Å². The fourth-order valence-corrected chi connectivity index (χ4v) is 5.43. The number of carbonyl (C=O) groups excluding carboxylic acids is 2.